The van der Waals surface area contributed by atoms with Crippen molar-refractivity contribution in [2.24, 2.45) is 10.9 Å². The molecule has 0 radical (unpaired) electrons. The van der Waals surface area contributed by atoms with Gasteiger partial charge in [0.05, 0.1) is 5.75 Å². The van der Waals surface area contributed by atoms with Gasteiger partial charge in [0.15, 0.2) is 5.84 Å². The minimum absolute atomic E-state index is 0.0468. The first-order valence-corrected chi connectivity index (χ1v) is 7.82. The molecule has 0 spiro atoms. The Morgan fingerprint density at radius 1 is 1.30 bits per heavy atom. The lowest BCUT2D eigenvalue weighted by atomic mass is 10.1. The van der Waals surface area contributed by atoms with Gasteiger partial charge in [0.1, 0.15) is 9.84 Å². The lowest BCUT2D eigenvalue weighted by Crippen LogP contribution is -2.31. The summed E-state index contributed by atoms with van der Waals surface area (Å²) in [5.41, 5.74) is 6.30. The molecular weight excluding hydrogens is 282 g/mol. The van der Waals surface area contributed by atoms with Gasteiger partial charge in [-0.05, 0) is 12.1 Å². The Labute approximate surface area is 117 Å². The summed E-state index contributed by atoms with van der Waals surface area (Å²) >= 11 is 0. The molecule has 0 aromatic heterocycles. The molecule has 20 heavy (non-hydrogen) atoms. The third-order valence-electron chi connectivity index (χ3n) is 2.68. The van der Waals surface area contributed by atoms with Crippen LogP contribution in [0.2, 0.25) is 0 Å². The molecule has 0 bridgehead atoms. The molecule has 1 aromatic rings. The van der Waals surface area contributed by atoms with Gasteiger partial charge >= 0.3 is 0 Å². The number of hydrogen-bond acceptors (Lipinski definition) is 5. The van der Waals surface area contributed by atoms with E-state index in [2.05, 4.69) is 5.16 Å². The van der Waals surface area contributed by atoms with Gasteiger partial charge in [0, 0.05) is 31.0 Å². The van der Waals surface area contributed by atoms with Crippen molar-refractivity contribution >= 4 is 21.6 Å². The number of carbonyl (C=O) groups is 1. The third-order valence-corrected chi connectivity index (χ3v) is 3.60. The van der Waals surface area contributed by atoms with Crippen LogP contribution in [0, 0.1) is 0 Å². The van der Waals surface area contributed by atoms with E-state index in [9.17, 15) is 13.2 Å². The topological polar surface area (TPSA) is 113 Å². The largest absolute Gasteiger partial charge is 0.409 e. The summed E-state index contributed by atoms with van der Waals surface area (Å²) < 4.78 is 22.1. The highest BCUT2D eigenvalue weighted by Crippen LogP contribution is 2.07. The van der Waals surface area contributed by atoms with Crippen molar-refractivity contribution in [1.82, 2.24) is 4.90 Å². The number of carbonyl (C=O) groups excluding carboxylic acids is 1. The summed E-state index contributed by atoms with van der Waals surface area (Å²) in [7, 11) is -1.58. The monoisotopic (exact) mass is 299 g/mol. The third kappa shape index (κ3) is 4.54. The van der Waals surface area contributed by atoms with Gasteiger partial charge in [-0.25, -0.2) is 8.42 Å². The molecule has 0 heterocycles. The van der Waals surface area contributed by atoms with E-state index in [0.717, 1.165) is 6.26 Å². The van der Waals surface area contributed by atoms with Crippen molar-refractivity contribution < 1.29 is 18.4 Å². The minimum Gasteiger partial charge on any atom is -0.409 e. The highest BCUT2D eigenvalue weighted by Gasteiger charge is 2.14. The molecule has 8 heteroatoms. The highest BCUT2D eigenvalue weighted by atomic mass is 32.2. The Balaban J connectivity index is 2.77. The average Bonchev–Trinajstić information content (AvgIpc) is 2.42. The fourth-order valence-electron chi connectivity index (χ4n) is 1.47. The first-order valence-electron chi connectivity index (χ1n) is 5.76. The molecule has 0 unspecified atom stereocenters. The van der Waals surface area contributed by atoms with Crippen molar-refractivity contribution in [3.8, 4) is 0 Å². The maximum absolute atomic E-state index is 12.0. The fraction of sp³-hybridized carbons (Fsp3) is 0.333. The Kier molecular flexibility index (Phi) is 5.09. The van der Waals surface area contributed by atoms with Crippen LogP contribution < -0.4 is 5.73 Å². The molecule has 0 aliphatic heterocycles. The normalized spacial score (nSPS) is 12.2. The van der Waals surface area contributed by atoms with Crippen LogP contribution in [-0.2, 0) is 9.84 Å². The molecule has 1 aromatic carbocycles. The molecule has 1 amide bonds. The molecule has 0 saturated carbocycles. The molecule has 7 nitrogen and oxygen atoms in total. The second kappa shape index (κ2) is 6.38. The van der Waals surface area contributed by atoms with Crippen LogP contribution in [0.4, 0.5) is 0 Å². The Morgan fingerprint density at radius 3 is 2.25 bits per heavy atom. The zero-order valence-corrected chi connectivity index (χ0v) is 12.1. The Morgan fingerprint density at radius 2 is 1.80 bits per heavy atom. The highest BCUT2D eigenvalue weighted by molar-refractivity contribution is 7.90. The predicted molar refractivity (Wildman–Crippen MR) is 75.6 cm³/mol. The van der Waals surface area contributed by atoms with Crippen LogP contribution in [0.5, 0.6) is 0 Å². The van der Waals surface area contributed by atoms with Crippen molar-refractivity contribution in [1.29, 1.82) is 0 Å². The number of nitrogens with zero attached hydrogens (tertiary/aromatic N) is 2. The number of benzene rings is 1. The molecule has 0 atom stereocenters. The first-order chi connectivity index (χ1) is 9.24. The number of hydrogen-bond donors (Lipinski definition) is 2. The van der Waals surface area contributed by atoms with E-state index in [1.807, 2.05) is 0 Å². The molecule has 0 aliphatic carbocycles. The Hall–Kier alpha value is -2.09. The van der Waals surface area contributed by atoms with E-state index in [1.54, 1.807) is 12.1 Å². The summed E-state index contributed by atoms with van der Waals surface area (Å²) in [5.74, 6) is -0.425. The predicted octanol–water partition coefficient (Wildman–Crippen LogP) is -0.102. The van der Waals surface area contributed by atoms with Crippen LogP contribution in [0.1, 0.15) is 15.9 Å². The van der Waals surface area contributed by atoms with Crippen molar-refractivity contribution in [3.05, 3.63) is 35.4 Å². The second-order valence-electron chi connectivity index (χ2n) is 4.42. The fourth-order valence-corrected chi connectivity index (χ4v) is 2.07. The first kappa shape index (κ1) is 16.0. The lowest BCUT2D eigenvalue weighted by molar-refractivity contribution is 0.0803. The molecule has 0 aliphatic rings. The summed E-state index contributed by atoms with van der Waals surface area (Å²) in [6.07, 6.45) is 1.12. The maximum Gasteiger partial charge on any atom is 0.253 e. The number of sulfone groups is 1. The minimum atomic E-state index is -3.11. The zero-order valence-electron chi connectivity index (χ0n) is 11.3. The second-order valence-corrected chi connectivity index (χ2v) is 6.68. The number of rotatable bonds is 5. The Bertz CT molecular complexity index is 608. The SMILES string of the molecule is CN(CCS(C)(=O)=O)C(=O)c1ccc(C(N)=NO)cc1. The standard InChI is InChI=1S/C12H17N3O4S/c1-15(7-8-20(2,18)19)12(16)10-5-3-9(4-6-10)11(13)14-17/h3-6,17H,7-8H2,1-2H3,(H2,13,14). The van der Waals surface area contributed by atoms with Crippen LogP contribution in [-0.4, -0.2) is 55.9 Å². The lowest BCUT2D eigenvalue weighted by Gasteiger charge is -2.16. The van der Waals surface area contributed by atoms with Crippen LogP contribution in [0.3, 0.4) is 0 Å². The van der Waals surface area contributed by atoms with E-state index < -0.39 is 9.84 Å². The van der Waals surface area contributed by atoms with Crippen molar-refractivity contribution in [2.75, 3.05) is 25.6 Å². The van der Waals surface area contributed by atoms with E-state index in [-0.39, 0.29) is 24.0 Å². The van der Waals surface area contributed by atoms with Gasteiger partial charge in [-0.2, -0.15) is 0 Å². The number of amides is 1. The van der Waals surface area contributed by atoms with Crippen LogP contribution in [0.25, 0.3) is 0 Å². The quantitative estimate of drug-likeness (QED) is 0.341. The van der Waals surface area contributed by atoms with Crippen LogP contribution in [0.15, 0.2) is 29.4 Å². The van der Waals surface area contributed by atoms with Gasteiger partial charge in [0.2, 0.25) is 0 Å². The van der Waals surface area contributed by atoms with E-state index in [1.165, 1.54) is 24.1 Å². The van der Waals surface area contributed by atoms with Gasteiger partial charge in [-0.15, -0.1) is 0 Å². The van der Waals surface area contributed by atoms with Crippen molar-refractivity contribution in [2.45, 2.75) is 0 Å². The number of amidine groups is 1. The molecule has 0 saturated heterocycles. The molecule has 110 valence electrons. The van der Waals surface area contributed by atoms with Gasteiger partial charge in [-0.1, -0.05) is 17.3 Å². The number of oxime groups is 1. The zero-order chi connectivity index (χ0) is 15.3. The molecule has 0 fully saturated rings. The average molecular weight is 299 g/mol. The maximum atomic E-state index is 12.0. The molecule has 1 rings (SSSR count). The van der Waals surface area contributed by atoms with Gasteiger partial charge in [0.25, 0.3) is 5.91 Å². The van der Waals surface area contributed by atoms with Gasteiger partial charge < -0.3 is 15.8 Å². The molecule has 3 N–H and O–H groups in total. The summed E-state index contributed by atoms with van der Waals surface area (Å²) in [5, 5.41) is 11.4. The molecular formula is C12H17N3O4S. The number of nitrogens with two attached hydrogens (primary N) is 1. The van der Waals surface area contributed by atoms with E-state index in [4.69, 9.17) is 10.9 Å². The summed E-state index contributed by atoms with van der Waals surface area (Å²) in [4.78, 5) is 13.4. The van der Waals surface area contributed by atoms with E-state index >= 15 is 0 Å². The van der Waals surface area contributed by atoms with Crippen molar-refractivity contribution in [3.63, 3.8) is 0 Å². The van der Waals surface area contributed by atoms with Gasteiger partial charge in [-0.3, -0.25) is 4.79 Å². The van der Waals surface area contributed by atoms with Crippen LogP contribution >= 0.6 is 0 Å². The summed E-state index contributed by atoms with van der Waals surface area (Å²) in [6.45, 7) is 0.125. The smallest absolute Gasteiger partial charge is 0.253 e. The van der Waals surface area contributed by atoms with E-state index in [0.29, 0.717) is 11.1 Å². The summed E-state index contributed by atoms with van der Waals surface area (Å²) in [6, 6.07) is 6.17.